The summed E-state index contributed by atoms with van der Waals surface area (Å²) in [6.07, 6.45) is 0. The zero-order valence-electron chi connectivity index (χ0n) is 16.9. The van der Waals surface area contributed by atoms with Crippen molar-refractivity contribution in [2.24, 2.45) is 5.92 Å². The van der Waals surface area contributed by atoms with E-state index in [1.165, 1.54) is 5.56 Å². The number of aromatic nitrogens is 3. The molecule has 7 heteroatoms. The van der Waals surface area contributed by atoms with E-state index in [2.05, 4.69) is 44.5 Å². The Bertz CT molecular complexity index is 1050. The number of carbonyl (C=O) groups excluding carboxylic acids is 1. The Hall–Kier alpha value is -3.32. The number of rotatable bonds is 6. The summed E-state index contributed by atoms with van der Waals surface area (Å²) in [5.74, 6) is 0.854. The molecule has 0 spiro atoms. The lowest BCUT2D eigenvalue weighted by molar-refractivity contribution is 0.0950. The molecule has 30 heavy (non-hydrogen) atoms. The van der Waals surface area contributed by atoms with Gasteiger partial charge in [-0.1, -0.05) is 55.5 Å². The lowest BCUT2D eigenvalue weighted by atomic mass is 9.97. The van der Waals surface area contributed by atoms with Gasteiger partial charge in [-0.05, 0) is 23.6 Å². The molecule has 1 aromatic heterocycles. The van der Waals surface area contributed by atoms with Crippen LogP contribution < -0.4 is 10.9 Å². The van der Waals surface area contributed by atoms with Gasteiger partial charge in [0, 0.05) is 31.1 Å². The van der Waals surface area contributed by atoms with Crippen molar-refractivity contribution in [3.8, 4) is 0 Å². The molecule has 1 aliphatic rings. The van der Waals surface area contributed by atoms with Crippen LogP contribution in [0.5, 0.6) is 0 Å². The zero-order chi connectivity index (χ0) is 20.9. The third kappa shape index (κ3) is 4.63. The highest BCUT2D eigenvalue weighted by Gasteiger charge is 2.32. The van der Waals surface area contributed by atoms with Gasteiger partial charge in [0.2, 0.25) is 0 Å². The minimum Gasteiger partial charge on any atom is -0.346 e. The number of benzene rings is 2. The maximum atomic E-state index is 12.5. The molecule has 4 rings (SSSR count). The standard InChI is InChI=1S/C23H25N5O2/c1-16-13-28(14-17-8-4-2-5-9-17)15-19(16)21-25-23(30)20(26-27-21)12-24-22(29)18-10-6-3-7-11-18/h2-11,16,19H,12-15H2,1H3,(H,24,29)(H,25,27,30). The SMILES string of the molecule is CC1CN(Cc2ccccc2)CC1c1nnc(CNC(=O)c2ccccc2)c(=O)[nH]1. The fraction of sp³-hybridized carbons (Fsp3) is 0.304. The van der Waals surface area contributed by atoms with E-state index < -0.39 is 0 Å². The van der Waals surface area contributed by atoms with E-state index in [9.17, 15) is 9.59 Å². The van der Waals surface area contributed by atoms with Crippen LogP contribution in [0, 0.1) is 5.92 Å². The first kappa shape index (κ1) is 20.0. The minimum absolute atomic E-state index is 0.0384. The monoisotopic (exact) mass is 403 g/mol. The first-order chi connectivity index (χ1) is 14.6. The van der Waals surface area contributed by atoms with E-state index in [4.69, 9.17) is 0 Å². The second-order valence-corrected chi connectivity index (χ2v) is 7.80. The molecule has 7 nitrogen and oxygen atoms in total. The quantitative estimate of drug-likeness (QED) is 0.659. The molecule has 154 valence electrons. The largest absolute Gasteiger partial charge is 0.346 e. The normalized spacial score (nSPS) is 19.0. The number of likely N-dealkylation sites (tertiary alicyclic amines) is 1. The lowest BCUT2D eigenvalue weighted by Gasteiger charge is -2.15. The van der Waals surface area contributed by atoms with Crippen LogP contribution in [0.25, 0.3) is 0 Å². The summed E-state index contributed by atoms with van der Waals surface area (Å²) in [5, 5.41) is 11.1. The van der Waals surface area contributed by atoms with Crippen LogP contribution in [0.1, 0.15) is 40.3 Å². The first-order valence-electron chi connectivity index (χ1n) is 10.2. The highest BCUT2D eigenvalue weighted by molar-refractivity contribution is 5.94. The average molecular weight is 403 g/mol. The summed E-state index contributed by atoms with van der Waals surface area (Å²) < 4.78 is 0. The van der Waals surface area contributed by atoms with E-state index in [0.717, 1.165) is 19.6 Å². The second kappa shape index (κ2) is 9.00. The minimum atomic E-state index is -0.304. The van der Waals surface area contributed by atoms with Crippen LogP contribution >= 0.6 is 0 Å². The van der Waals surface area contributed by atoms with Crippen molar-refractivity contribution in [3.63, 3.8) is 0 Å². The van der Waals surface area contributed by atoms with E-state index in [-0.39, 0.29) is 29.6 Å². The Labute approximate surface area is 175 Å². The summed E-state index contributed by atoms with van der Waals surface area (Å²) in [4.78, 5) is 29.9. The lowest BCUT2D eigenvalue weighted by Crippen LogP contribution is -2.30. The van der Waals surface area contributed by atoms with Crippen molar-refractivity contribution < 1.29 is 4.79 Å². The van der Waals surface area contributed by atoms with Crippen LogP contribution in [0.3, 0.4) is 0 Å². The summed E-state index contributed by atoms with van der Waals surface area (Å²) >= 11 is 0. The van der Waals surface area contributed by atoms with E-state index in [0.29, 0.717) is 17.3 Å². The molecular weight excluding hydrogens is 378 g/mol. The molecular formula is C23H25N5O2. The number of amides is 1. The predicted molar refractivity (Wildman–Crippen MR) is 114 cm³/mol. The number of carbonyl (C=O) groups is 1. The third-order valence-electron chi connectivity index (χ3n) is 5.52. The summed E-state index contributed by atoms with van der Waals surface area (Å²) in [6.45, 7) is 4.85. The van der Waals surface area contributed by atoms with Gasteiger partial charge in [-0.15, -0.1) is 10.2 Å². The zero-order valence-corrected chi connectivity index (χ0v) is 16.9. The van der Waals surface area contributed by atoms with Crippen LogP contribution in [0.2, 0.25) is 0 Å². The first-order valence-corrected chi connectivity index (χ1v) is 10.2. The highest BCUT2D eigenvalue weighted by atomic mass is 16.2. The number of aromatic amines is 1. The van der Waals surface area contributed by atoms with Gasteiger partial charge >= 0.3 is 0 Å². The van der Waals surface area contributed by atoms with Gasteiger partial charge in [0.25, 0.3) is 11.5 Å². The molecule has 0 aliphatic carbocycles. The predicted octanol–water partition coefficient (Wildman–Crippen LogP) is 2.33. The Kier molecular flexibility index (Phi) is 5.99. The van der Waals surface area contributed by atoms with Crippen molar-refractivity contribution in [2.75, 3.05) is 13.1 Å². The van der Waals surface area contributed by atoms with Crippen LogP contribution in [0.4, 0.5) is 0 Å². The smallest absolute Gasteiger partial charge is 0.274 e. The Balaban J connectivity index is 1.39. The molecule has 2 N–H and O–H groups in total. The van der Waals surface area contributed by atoms with Crippen molar-refractivity contribution >= 4 is 5.91 Å². The molecule has 1 saturated heterocycles. The molecule has 0 bridgehead atoms. The van der Waals surface area contributed by atoms with Crippen LogP contribution in [-0.4, -0.2) is 39.1 Å². The summed E-state index contributed by atoms with van der Waals surface area (Å²) in [5.41, 5.74) is 1.71. The molecule has 2 aromatic carbocycles. The van der Waals surface area contributed by atoms with Crippen molar-refractivity contribution in [2.45, 2.75) is 25.9 Å². The Morgan fingerprint density at radius 1 is 1.07 bits per heavy atom. The van der Waals surface area contributed by atoms with E-state index in [1.807, 2.05) is 24.3 Å². The Morgan fingerprint density at radius 2 is 1.77 bits per heavy atom. The van der Waals surface area contributed by atoms with Gasteiger partial charge in [-0.25, -0.2) is 0 Å². The average Bonchev–Trinajstić information content (AvgIpc) is 3.13. The molecule has 1 fully saturated rings. The van der Waals surface area contributed by atoms with Gasteiger partial charge in [0.05, 0.1) is 6.54 Å². The van der Waals surface area contributed by atoms with Crippen LogP contribution in [0.15, 0.2) is 65.5 Å². The third-order valence-corrected chi connectivity index (χ3v) is 5.52. The fourth-order valence-corrected chi connectivity index (χ4v) is 3.91. The number of nitrogens with zero attached hydrogens (tertiary/aromatic N) is 3. The number of nitrogens with one attached hydrogen (secondary N) is 2. The molecule has 0 saturated carbocycles. The van der Waals surface area contributed by atoms with E-state index in [1.54, 1.807) is 24.3 Å². The number of hydrogen-bond acceptors (Lipinski definition) is 5. The van der Waals surface area contributed by atoms with Gasteiger partial charge in [-0.2, -0.15) is 0 Å². The van der Waals surface area contributed by atoms with Crippen molar-refractivity contribution in [3.05, 3.63) is 93.7 Å². The van der Waals surface area contributed by atoms with Gasteiger partial charge < -0.3 is 10.3 Å². The molecule has 2 heterocycles. The summed E-state index contributed by atoms with van der Waals surface area (Å²) in [6, 6.07) is 19.2. The maximum absolute atomic E-state index is 12.5. The van der Waals surface area contributed by atoms with Crippen molar-refractivity contribution in [1.82, 2.24) is 25.4 Å². The molecule has 0 radical (unpaired) electrons. The van der Waals surface area contributed by atoms with E-state index >= 15 is 0 Å². The molecule has 1 amide bonds. The van der Waals surface area contributed by atoms with Crippen LogP contribution in [-0.2, 0) is 13.1 Å². The highest BCUT2D eigenvalue weighted by Crippen LogP contribution is 2.30. The maximum Gasteiger partial charge on any atom is 0.274 e. The molecule has 2 atom stereocenters. The molecule has 2 unspecified atom stereocenters. The van der Waals surface area contributed by atoms with Gasteiger partial charge in [-0.3, -0.25) is 14.5 Å². The molecule has 1 aliphatic heterocycles. The number of H-pyrrole nitrogens is 1. The van der Waals surface area contributed by atoms with Crippen molar-refractivity contribution in [1.29, 1.82) is 0 Å². The van der Waals surface area contributed by atoms with Gasteiger partial charge in [0.1, 0.15) is 11.5 Å². The topological polar surface area (TPSA) is 91.0 Å². The van der Waals surface area contributed by atoms with Gasteiger partial charge in [0.15, 0.2) is 0 Å². The summed E-state index contributed by atoms with van der Waals surface area (Å²) in [7, 11) is 0. The Morgan fingerprint density at radius 3 is 2.47 bits per heavy atom. The second-order valence-electron chi connectivity index (χ2n) is 7.80. The molecule has 3 aromatic rings. The number of hydrogen-bond donors (Lipinski definition) is 2. The fourth-order valence-electron chi connectivity index (χ4n) is 3.91.